The molecule has 0 spiro atoms. The highest BCUT2D eigenvalue weighted by Gasteiger charge is 2.34. The van der Waals surface area contributed by atoms with Gasteiger partial charge in [-0.3, -0.25) is 9.59 Å². The summed E-state index contributed by atoms with van der Waals surface area (Å²) >= 11 is 0. The highest BCUT2D eigenvalue weighted by atomic mass is 16.2. The Morgan fingerprint density at radius 2 is 1.91 bits per heavy atom. The summed E-state index contributed by atoms with van der Waals surface area (Å²) in [7, 11) is 0. The van der Waals surface area contributed by atoms with Crippen LogP contribution in [0.2, 0.25) is 0 Å². The van der Waals surface area contributed by atoms with E-state index in [0.717, 1.165) is 35.6 Å². The maximum absolute atomic E-state index is 12.7. The van der Waals surface area contributed by atoms with Gasteiger partial charge in [-0.05, 0) is 31.4 Å². The highest BCUT2D eigenvalue weighted by Crippen LogP contribution is 2.26. The van der Waals surface area contributed by atoms with Crippen molar-refractivity contribution >= 4 is 34.4 Å². The monoisotopic (exact) mass is 433 g/mol. The smallest absolute Gasteiger partial charge is 0.227 e. The Kier molecular flexibility index (Phi) is 5.70. The van der Waals surface area contributed by atoms with Crippen LogP contribution in [0.15, 0.2) is 42.9 Å². The summed E-state index contributed by atoms with van der Waals surface area (Å²) in [6.07, 6.45) is 7.26. The fourth-order valence-corrected chi connectivity index (χ4v) is 4.57. The SMILES string of the molecule is O=C(NCCn1ncc2c(N3CCCCC3)ncnc21)[C@@H]1CC(=O)N(c2ccccc2)C1. The molecule has 0 aliphatic carbocycles. The first-order valence-corrected chi connectivity index (χ1v) is 11.3. The second-order valence-corrected chi connectivity index (χ2v) is 8.38. The first kappa shape index (κ1) is 20.4. The number of aromatic nitrogens is 4. The Morgan fingerprint density at radius 3 is 2.72 bits per heavy atom. The molecular weight excluding hydrogens is 406 g/mol. The summed E-state index contributed by atoms with van der Waals surface area (Å²) in [6.45, 7) is 3.36. The van der Waals surface area contributed by atoms with Crippen molar-refractivity contribution in [2.75, 3.05) is 36.0 Å². The van der Waals surface area contributed by atoms with Crippen molar-refractivity contribution in [3.05, 3.63) is 42.9 Å². The minimum absolute atomic E-state index is 0.0173. The highest BCUT2D eigenvalue weighted by molar-refractivity contribution is 6.00. The quantitative estimate of drug-likeness (QED) is 0.639. The van der Waals surface area contributed by atoms with Gasteiger partial charge in [0.2, 0.25) is 11.8 Å². The van der Waals surface area contributed by atoms with Crippen molar-refractivity contribution in [3.8, 4) is 0 Å². The van der Waals surface area contributed by atoms with Crippen LogP contribution in [0, 0.1) is 5.92 Å². The van der Waals surface area contributed by atoms with E-state index in [4.69, 9.17) is 0 Å². The summed E-state index contributed by atoms with van der Waals surface area (Å²) in [4.78, 5) is 38.0. The van der Waals surface area contributed by atoms with E-state index in [1.165, 1.54) is 19.3 Å². The molecule has 0 radical (unpaired) electrons. The molecule has 4 heterocycles. The molecule has 2 saturated heterocycles. The van der Waals surface area contributed by atoms with Gasteiger partial charge in [0.25, 0.3) is 0 Å². The molecule has 1 aromatic carbocycles. The molecule has 0 unspecified atom stereocenters. The number of para-hydroxylation sites is 1. The number of carbonyl (C=O) groups excluding carboxylic acids is 2. The van der Waals surface area contributed by atoms with Crippen molar-refractivity contribution in [1.82, 2.24) is 25.1 Å². The predicted molar refractivity (Wildman–Crippen MR) is 121 cm³/mol. The van der Waals surface area contributed by atoms with Crippen LogP contribution in [0.5, 0.6) is 0 Å². The molecule has 1 atom stereocenters. The van der Waals surface area contributed by atoms with Gasteiger partial charge in [0.1, 0.15) is 12.1 Å². The molecule has 2 fully saturated rings. The lowest BCUT2D eigenvalue weighted by Gasteiger charge is -2.27. The third-order valence-electron chi connectivity index (χ3n) is 6.25. The molecule has 2 amide bonds. The maximum atomic E-state index is 12.7. The van der Waals surface area contributed by atoms with E-state index in [-0.39, 0.29) is 24.2 Å². The van der Waals surface area contributed by atoms with Gasteiger partial charge in [0.05, 0.1) is 24.0 Å². The zero-order chi connectivity index (χ0) is 21.9. The van der Waals surface area contributed by atoms with Crippen LogP contribution < -0.4 is 15.1 Å². The Labute approximate surface area is 186 Å². The summed E-state index contributed by atoms with van der Waals surface area (Å²) in [5, 5.41) is 8.39. The summed E-state index contributed by atoms with van der Waals surface area (Å²) in [6, 6.07) is 9.48. The number of nitrogens with zero attached hydrogens (tertiary/aromatic N) is 6. The lowest BCUT2D eigenvalue weighted by molar-refractivity contribution is -0.126. The van der Waals surface area contributed by atoms with Gasteiger partial charge >= 0.3 is 0 Å². The molecule has 32 heavy (non-hydrogen) atoms. The molecule has 2 aliphatic rings. The van der Waals surface area contributed by atoms with Gasteiger partial charge in [-0.25, -0.2) is 14.6 Å². The molecule has 0 bridgehead atoms. The number of piperidine rings is 1. The zero-order valence-corrected chi connectivity index (χ0v) is 18.0. The largest absolute Gasteiger partial charge is 0.356 e. The summed E-state index contributed by atoms with van der Waals surface area (Å²) in [5.41, 5.74) is 1.61. The topological polar surface area (TPSA) is 96.2 Å². The van der Waals surface area contributed by atoms with E-state index in [1.807, 2.05) is 36.5 Å². The second-order valence-electron chi connectivity index (χ2n) is 8.38. The third kappa shape index (κ3) is 4.02. The molecule has 9 nitrogen and oxygen atoms in total. The van der Waals surface area contributed by atoms with Gasteiger partial charge in [0, 0.05) is 38.3 Å². The zero-order valence-electron chi connectivity index (χ0n) is 18.0. The lowest BCUT2D eigenvalue weighted by atomic mass is 10.1. The van der Waals surface area contributed by atoms with Gasteiger partial charge in [-0.15, -0.1) is 0 Å². The van der Waals surface area contributed by atoms with Crippen LogP contribution in [0.25, 0.3) is 11.0 Å². The normalized spacial score (nSPS) is 19.0. The molecule has 3 aromatic rings. The molecule has 2 aliphatic heterocycles. The number of carbonyl (C=O) groups is 2. The standard InChI is InChI=1S/C23H27N7O2/c31-20-13-17(15-29(20)18-7-3-1-4-8-18)23(32)24-9-12-30-22-19(14-27-30)21(25-16-26-22)28-10-5-2-6-11-28/h1,3-4,7-8,14,16-17H,2,5-6,9-13,15H2,(H,24,32)/t17-/m1/s1. The first-order valence-electron chi connectivity index (χ1n) is 11.3. The minimum Gasteiger partial charge on any atom is -0.356 e. The van der Waals surface area contributed by atoms with Crippen molar-refractivity contribution in [1.29, 1.82) is 0 Å². The van der Waals surface area contributed by atoms with Gasteiger partial charge in [-0.1, -0.05) is 18.2 Å². The van der Waals surface area contributed by atoms with E-state index < -0.39 is 0 Å². The van der Waals surface area contributed by atoms with Crippen molar-refractivity contribution < 1.29 is 9.59 Å². The van der Waals surface area contributed by atoms with Crippen molar-refractivity contribution in [3.63, 3.8) is 0 Å². The average molecular weight is 434 g/mol. The Morgan fingerprint density at radius 1 is 1.09 bits per heavy atom. The van der Waals surface area contributed by atoms with E-state index >= 15 is 0 Å². The van der Waals surface area contributed by atoms with Crippen molar-refractivity contribution in [2.45, 2.75) is 32.2 Å². The lowest BCUT2D eigenvalue weighted by Crippen LogP contribution is -2.35. The molecular formula is C23H27N7O2. The number of nitrogens with one attached hydrogen (secondary N) is 1. The van der Waals surface area contributed by atoms with Crippen LogP contribution in [0.1, 0.15) is 25.7 Å². The number of hydrogen-bond acceptors (Lipinski definition) is 6. The fourth-order valence-electron chi connectivity index (χ4n) is 4.57. The molecule has 1 N–H and O–H groups in total. The van der Waals surface area contributed by atoms with Crippen LogP contribution in [-0.4, -0.2) is 57.7 Å². The molecule has 166 valence electrons. The molecule has 0 saturated carbocycles. The fraction of sp³-hybridized carbons (Fsp3) is 0.435. The summed E-state index contributed by atoms with van der Waals surface area (Å²) in [5.74, 6) is 0.480. The van der Waals surface area contributed by atoms with E-state index in [0.29, 0.717) is 19.6 Å². The van der Waals surface area contributed by atoms with Crippen LogP contribution in [-0.2, 0) is 16.1 Å². The predicted octanol–water partition coefficient (Wildman–Crippen LogP) is 1.99. The van der Waals surface area contributed by atoms with Gasteiger partial charge in [-0.2, -0.15) is 5.10 Å². The number of fused-ring (bicyclic) bond motifs is 1. The van der Waals surface area contributed by atoms with Gasteiger partial charge in [0.15, 0.2) is 5.65 Å². The number of anilines is 2. The van der Waals surface area contributed by atoms with Crippen LogP contribution >= 0.6 is 0 Å². The second kappa shape index (κ2) is 8.94. The summed E-state index contributed by atoms with van der Waals surface area (Å²) < 4.78 is 1.81. The molecule has 9 heteroatoms. The number of amides is 2. The Hall–Kier alpha value is -3.49. The van der Waals surface area contributed by atoms with E-state index in [9.17, 15) is 9.59 Å². The van der Waals surface area contributed by atoms with Crippen LogP contribution in [0.3, 0.4) is 0 Å². The first-order chi connectivity index (χ1) is 15.7. The molecule has 5 rings (SSSR count). The number of rotatable bonds is 6. The Balaban J connectivity index is 1.19. The average Bonchev–Trinajstić information content (AvgIpc) is 3.44. The van der Waals surface area contributed by atoms with Gasteiger partial charge < -0.3 is 15.1 Å². The molecule has 2 aromatic heterocycles. The minimum atomic E-state index is -0.342. The Bertz CT molecular complexity index is 1110. The maximum Gasteiger partial charge on any atom is 0.227 e. The third-order valence-corrected chi connectivity index (χ3v) is 6.25. The number of benzene rings is 1. The van der Waals surface area contributed by atoms with E-state index in [2.05, 4.69) is 25.3 Å². The van der Waals surface area contributed by atoms with E-state index in [1.54, 1.807) is 15.9 Å². The number of hydrogen-bond donors (Lipinski definition) is 1. The van der Waals surface area contributed by atoms with Crippen molar-refractivity contribution in [2.24, 2.45) is 5.92 Å². The van der Waals surface area contributed by atoms with Crippen LogP contribution in [0.4, 0.5) is 11.5 Å².